The van der Waals surface area contributed by atoms with Gasteiger partial charge in [-0.2, -0.15) is 0 Å². The lowest BCUT2D eigenvalue weighted by atomic mass is 10.0. The van der Waals surface area contributed by atoms with Crippen molar-refractivity contribution in [2.24, 2.45) is 5.73 Å². The lowest BCUT2D eigenvalue weighted by Crippen LogP contribution is -2.35. The largest absolute Gasteiger partial charge is 0.352 e. The van der Waals surface area contributed by atoms with E-state index in [1.165, 1.54) is 18.2 Å². The topological polar surface area (TPSA) is 97.1 Å². The lowest BCUT2D eigenvalue weighted by Gasteiger charge is -2.18. The van der Waals surface area contributed by atoms with Gasteiger partial charge in [0, 0.05) is 11.8 Å². The number of benzene rings is 1. The standard InChI is InChI=1S/C16H17FN4O2/c1-10-5-4-8-19-15(10)21-14(22)9-13(20-16(18)23)11-6-2-3-7-12(11)17/h2-8,13H,9H2,1H3,(H3,18,20,23)(H,19,21,22). The summed E-state index contributed by atoms with van der Waals surface area (Å²) >= 11 is 0. The molecule has 0 spiro atoms. The van der Waals surface area contributed by atoms with Crippen LogP contribution in [0, 0.1) is 12.7 Å². The molecule has 2 rings (SSSR count). The zero-order chi connectivity index (χ0) is 16.8. The minimum absolute atomic E-state index is 0.167. The Morgan fingerprint density at radius 3 is 2.65 bits per heavy atom. The minimum Gasteiger partial charge on any atom is -0.352 e. The molecular weight excluding hydrogens is 299 g/mol. The van der Waals surface area contributed by atoms with E-state index in [1.54, 1.807) is 31.3 Å². The fourth-order valence-corrected chi connectivity index (χ4v) is 2.15. The number of rotatable bonds is 5. The second-order valence-corrected chi connectivity index (χ2v) is 5.00. The Hall–Kier alpha value is -2.96. The number of halogens is 1. The van der Waals surface area contributed by atoms with Crippen LogP contribution in [0.1, 0.15) is 23.6 Å². The summed E-state index contributed by atoms with van der Waals surface area (Å²) in [5.41, 5.74) is 6.11. The van der Waals surface area contributed by atoms with Crippen LogP contribution in [0.5, 0.6) is 0 Å². The number of aromatic nitrogens is 1. The van der Waals surface area contributed by atoms with Gasteiger partial charge in [0.05, 0.1) is 12.5 Å². The quantitative estimate of drug-likeness (QED) is 0.789. The Balaban J connectivity index is 2.15. The SMILES string of the molecule is Cc1cccnc1NC(=O)CC(NC(N)=O)c1ccccc1F. The van der Waals surface area contributed by atoms with Crippen LogP contribution in [-0.4, -0.2) is 16.9 Å². The van der Waals surface area contributed by atoms with E-state index < -0.39 is 23.8 Å². The average Bonchev–Trinajstić information content (AvgIpc) is 2.49. The molecule has 0 bridgehead atoms. The number of nitrogens with one attached hydrogen (secondary N) is 2. The highest BCUT2D eigenvalue weighted by molar-refractivity contribution is 5.91. The minimum atomic E-state index is -0.863. The van der Waals surface area contributed by atoms with Crippen molar-refractivity contribution in [3.8, 4) is 0 Å². The number of carbonyl (C=O) groups is 2. The van der Waals surface area contributed by atoms with Gasteiger partial charge in [0.1, 0.15) is 11.6 Å². The number of primary amides is 1. The number of urea groups is 1. The molecule has 1 atom stereocenters. The maximum Gasteiger partial charge on any atom is 0.312 e. The second kappa shape index (κ2) is 7.35. The summed E-state index contributed by atoms with van der Waals surface area (Å²) < 4.78 is 13.9. The third kappa shape index (κ3) is 4.50. The second-order valence-electron chi connectivity index (χ2n) is 5.00. The highest BCUT2D eigenvalue weighted by Gasteiger charge is 2.20. The molecule has 1 aromatic carbocycles. The maximum atomic E-state index is 13.9. The van der Waals surface area contributed by atoms with Gasteiger partial charge in [-0.3, -0.25) is 4.79 Å². The number of nitrogens with two attached hydrogens (primary N) is 1. The number of pyridine rings is 1. The summed E-state index contributed by atoms with van der Waals surface area (Å²) in [7, 11) is 0. The number of anilines is 1. The molecule has 23 heavy (non-hydrogen) atoms. The van der Waals surface area contributed by atoms with Crippen molar-refractivity contribution < 1.29 is 14.0 Å². The number of nitrogens with zero attached hydrogens (tertiary/aromatic N) is 1. The fraction of sp³-hybridized carbons (Fsp3) is 0.188. The Labute approximate surface area is 132 Å². The van der Waals surface area contributed by atoms with Gasteiger partial charge < -0.3 is 16.4 Å². The maximum absolute atomic E-state index is 13.9. The van der Waals surface area contributed by atoms with Crippen LogP contribution in [0.4, 0.5) is 15.0 Å². The molecule has 7 heteroatoms. The Bertz CT molecular complexity index is 721. The number of carbonyl (C=O) groups excluding carboxylic acids is 2. The summed E-state index contributed by atoms with van der Waals surface area (Å²) in [6.07, 6.45) is 1.39. The van der Waals surface area contributed by atoms with Crippen LogP contribution < -0.4 is 16.4 Å². The smallest absolute Gasteiger partial charge is 0.312 e. The third-order valence-corrected chi connectivity index (χ3v) is 3.25. The van der Waals surface area contributed by atoms with E-state index >= 15 is 0 Å². The summed E-state index contributed by atoms with van der Waals surface area (Å²) in [6.45, 7) is 1.80. The van der Waals surface area contributed by atoms with E-state index in [0.717, 1.165) is 5.56 Å². The molecule has 3 amide bonds. The molecule has 0 aliphatic rings. The third-order valence-electron chi connectivity index (χ3n) is 3.25. The first-order chi connectivity index (χ1) is 11.0. The molecule has 120 valence electrons. The predicted molar refractivity (Wildman–Crippen MR) is 84.1 cm³/mol. The Morgan fingerprint density at radius 1 is 1.26 bits per heavy atom. The molecule has 0 aliphatic carbocycles. The Morgan fingerprint density at radius 2 is 2.00 bits per heavy atom. The molecule has 0 saturated carbocycles. The fourth-order valence-electron chi connectivity index (χ4n) is 2.15. The van der Waals surface area contributed by atoms with Crippen LogP contribution in [0.25, 0.3) is 0 Å². The molecule has 0 saturated heterocycles. The molecule has 1 heterocycles. The summed E-state index contributed by atoms with van der Waals surface area (Å²) in [5.74, 6) is -0.509. The monoisotopic (exact) mass is 316 g/mol. The van der Waals surface area contributed by atoms with Gasteiger partial charge in [0.15, 0.2) is 0 Å². The molecule has 4 N–H and O–H groups in total. The number of hydrogen-bond donors (Lipinski definition) is 3. The van der Waals surface area contributed by atoms with Crippen LogP contribution in [0.3, 0.4) is 0 Å². The molecule has 1 unspecified atom stereocenters. The summed E-state index contributed by atoms with van der Waals surface area (Å²) in [6, 6.07) is 7.76. The lowest BCUT2D eigenvalue weighted by molar-refractivity contribution is -0.116. The van der Waals surface area contributed by atoms with Crippen molar-refractivity contribution in [2.75, 3.05) is 5.32 Å². The summed E-state index contributed by atoms with van der Waals surface area (Å²) in [5, 5.41) is 5.02. The normalized spacial score (nSPS) is 11.6. The van der Waals surface area contributed by atoms with Crippen molar-refractivity contribution in [3.05, 3.63) is 59.5 Å². The first kappa shape index (κ1) is 16.4. The highest BCUT2D eigenvalue weighted by atomic mass is 19.1. The van der Waals surface area contributed by atoms with Crippen molar-refractivity contribution in [1.82, 2.24) is 10.3 Å². The molecule has 2 aromatic rings. The summed E-state index contributed by atoms with van der Waals surface area (Å²) in [4.78, 5) is 27.4. The van der Waals surface area contributed by atoms with E-state index in [4.69, 9.17) is 5.73 Å². The molecule has 6 nitrogen and oxygen atoms in total. The van der Waals surface area contributed by atoms with Gasteiger partial charge in [-0.25, -0.2) is 14.2 Å². The first-order valence-corrected chi connectivity index (χ1v) is 6.99. The van der Waals surface area contributed by atoms with Gasteiger partial charge in [0.2, 0.25) is 5.91 Å². The first-order valence-electron chi connectivity index (χ1n) is 6.99. The van der Waals surface area contributed by atoms with Crippen LogP contribution >= 0.6 is 0 Å². The van der Waals surface area contributed by atoms with Gasteiger partial charge in [-0.1, -0.05) is 24.3 Å². The highest BCUT2D eigenvalue weighted by Crippen LogP contribution is 2.21. The van der Waals surface area contributed by atoms with E-state index in [2.05, 4.69) is 15.6 Å². The number of hydrogen-bond acceptors (Lipinski definition) is 3. The van der Waals surface area contributed by atoms with E-state index in [-0.39, 0.29) is 12.0 Å². The molecule has 0 radical (unpaired) electrons. The Kier molecular flexibility index (Phi) is 5.24. The van der Waals surface area contributed by atoms with Crippen molar-refractivity contribution in [2.45, 2.75) is 19.4 Å². The van der Waals surface area contributed by atoms with E-state index in [9.17, 15) is 14.0 Å². The molecule has 0 aliphatic heterocycles. The van der Waals surface area contributed by atoms with Crippen molar-refractivity contribution >= 4 is 17.8 Å². The van der Waals surface area contributed by atoms with Crippen LogP contribution in [0.2, 0.25) is 0 Å². The number of amides is 3. The van der Waals surface area contributed by atoms with Gasteiger partial charge in [-0.05, 0) is 24.6 Å². The van der Waals surface area contributed by atoms with Crippen molar-refractivity contribution in [1.29, 1.82) is 0 Å². The van der Waals surface area contributed by atoms with E-state index in [1.807, 2.05) is 0 Å². The van der Waals surface area contributed by atoms with Crippen LogP contribution in [0.15, 0.2) is 42.6 Å². The van der Waals surface area contributed by atoms with E-state index in [0.29, 0.717) is 5.82 Å². The predicted octanol–water partition coefficient (Wildman–Crippen LogP) is 2.27. The molecule has 0 fully saturated rings. The molecule has 1 aromatic heterocycles. The zero-order valence-corrected chi connectivity index (χ0v) is 12.5. The van der Waals surface area contributed by atoms with Gasteiger partial charge >= 0.3 is 6.03 Å². The number of aryl methyl sites for hydroxylation is 1. The zero-order valence-electron chi connectivity index (χ0n) is 12.5. The average molecular weight is 316 g/mol. The van der Waals surface area contributed by atoms with Crippen molar-refractivity contribution in [3.63, 3.8) is 0 Å². The van der Waals surface area contributed by atoms with Gasteiger partial charge in [0.25, 0.3) is 0 Å². The van der Waals surface area contributed by atoms with Gasteiger partial charge in [-0.15, -0.1) is 0 Å². The molecular formula is C16H17FN4O2. The van der Waals surface area contributed by atoms with Crippen LogP contribution in [-0.2, 0) is 4.79 Å².